The summed E-state index contributed by atoms with van der Waals surface area (Å²) in [5.41, 5.74) is 1.03. The number of aromatic nitrogens is 2. The lowest BCUT2D eigenvalue weighted by Crippen LogP contribution is -2.05. The number of rotatable bonds is 3. The Bertz CT molecular complexity index is 537. The average Bonchev–Trinajstić information content (AvgIpc) is 2.35. The third-order valence-corrected chi connectivity index (χ3v) is 2.02. The molecule has 0 saturated carbocycles. The smallest absolute Gasteiger partial charge is 0.340 e. The molecule has 4 heteroatoms. The van der Waals surface area contributed by atoms with Gasteiger partial charge in [-0.25, -0.2) is 14.8 Å². The number of nitrogens with zero attached hydrogens (tertiary/aromatic N) is 2. The number of carbonyl (C=O) groups excluding carboxylic acids is 1. The SMILES string of the molecule is C=CCOC(=O)c1cnc2ncccc2c1. The second-order valence-corrected chi connectivity index (χ2v) is 3.16. The van der Waals surface area contributed by atoms with Crippen LogP contribution in [0.3, 0.4) is 0 Å². The maximum atomic E-state index is 11.5. The van der Waals surface area contributed by atoms with Crippen LogP contribution in [-0.4, -0.2) is 22.5 Å². The van der Waals surface area contributed by atoms with Gasteiger partial charge in [-0.1, -0.05) is 12.7 Å². The predicted molar refractivity (Wildman–Crippen MR) is 60.0 cm³/mol. The molecule has 0 aliphatic rings. The van der Waals surface area contributed by atoms with Gasteiger partial charge in [0.2, 0.25) is 0 Å². The largest absolute Gasteiger partial charge is 0.458 e. The summed E-state index contributed by atoms with van der Waals surface area (Å²) in [6.07, 6.45) is 4.64. The Labute approximate surface area is 92.6 Å². The lowest BCUT2D eigenvalue weighted by atomic mass is 10.2. The number of carbonyl (C=O) groups is 1. The molecule has 0 saturated heterocycles. The highest BCUT2D eigenvalue weighted by molar-refractivity contribution is 5.92. The van der Waals surface area contributed by atoms with Crippen molar-refractivity contribution in [2.24, 2.45) is 0 Å². The van der Waals surface area contributed by atoms with Crippen LogP contribution in [0.2, 0.25) is 0 Å². The van der Waals surface area contributed by atoms with E-state index in [4.69, 9.17) is 4.74 Å². The van der Waals surface area contributed by atoms with Crippen molar-refractivity contribution in [3.8, 4) is 0 Å². The third kappa shape index (κ3) is 2.06. The Hall–Kier alpha value is -2.23. The van der Waals surface area contributed by atoms with Gasteiger partial charge in [-0.2, -0.15) is 0 Å². The quantitative estimate of drug-likeness (QED) is 0.579. The van der Waals surface area contributed by atoms with Gasteiger partial charge < -0.3 is 4.74 Å². The number of esters is 1. The molecule has 0 radical (unpaired) electrons. The van der Waals surface area contributed by atoms with Crippen molar-refractivity contribution < 1.29 is 9.53 Å². The van der Waals surface area contributed by atoms with E-state index in [1.807, 2.05) is 6.07 Å². The summed E-state index contributed by atoms with van der Waals surface area (Å²) in [6.45, 7) is 3.67. The number of pyridine rings is 2. The minimum atomic E-state index is -0.404. The first-order valence-electron chi connectivity index (χ1n) is 4.80. The summed E-state index contributed by atoms with van der Waals surface area (Å²) < 4.78 is 4.91. The van der Waals surface area contributed by atoms with Gasteiger partial charge in [0, 0.05) is 17.8 Å². The van der Waals surface area contributed by atoms with Crippen LogP contribution in [0, 0.1) is 0 Å². The number of hydrogen-bond acceptors (Lipinski definition) is 4. The summed E-state index contributed by atoms with van der Waals surface area (Å²) in [5, 5.41) is 0.815. The van der Waals surface area contributed by atoms with Gasteiger partial charge in [-0.05, 0) is 18.2 Å². The Morgan fingerprint density at radius 2 is 2.38 bits per heavy atom. The van der Waals surface area contributed by atoms with Gasteiger partial charge in [0.1, 0.15) is 6.61 Å². The normalized spacial score (nSPS) is 10.0. The van der Waals surface area contributed by atoms with E-state index in [9.17, 15) is 4.79 Å². The standard InChI is InChI=1S/C12H10N2O2/c1-2-6-16-12(15)10-7-9-4-3-5-13-11(9)14-8-10/h2-5,7-8H,1,6H2. The molecular formula is C12H10N2O2. The van der Waals surface area contributed by atoms with E-state index in [1.165, 1.54) is 12.3 Å². The molecule has 0 amide bonds. The zero-order chi connectivity index (χ0) is 11.4. The molecule has 4 nitrogen and oxygen atoms in total. The molecule has 0 unspecified atom stereocenters. The van der Waals surface area contributed by atoms with E-state index in [0.29, 0.717) is 11.2 Å². The highest BCUT2D eigenvalue weighted by atomic mass is 16.5. The van der Waals surface area contributed by atoms with Crippen LogP contribution in [0.25, 0.3) is 11.0 Å². The van der Waals surface area contributed by atoms with Gasteiger partial charge in [0.15, 0.2) is 5.65 Å². The summed E-state index contributed by atoms with van der Waals surface area (Å²) in [4.78, 5) is 19.7. The Balaban J connectivity index is 2.32. The molecule has 0 aliphatic heterocycles. The average molecular weight is 214 g/mol. The lowest BCUT2D eigenvalue weighted by Gasteiger charge is -2.02. The Morgan fingerprint density at radius 3 is 3.19 bits per heavy atom. The highest BCUT2D eigenvalue weighted by Gasteiger charge is 2.07. The molecule has 0 aliphatic carbocycles. The van der Waals surface area contributed by atoms with Gasteiger partial charge >= 0.3 is 5.97 Å². The first-order valence-corrected chi connectivity index (χ1v) is 4.80. The van der Waals surface area contributed by atoms with E-state index in [-0.39, 0.29) is 6.61 Å². The summed E-state index contributed by atoms with van der Waals surface area (Å²) in [6, 6.07) is 5.35. The van der Waals surface area contributed by atoms with Crippen LogP contribution in [0.1, 0.15) is 10.4 Å². The van der Waals surface area contributed by atoms with E-state index in [0.717, 1.165) is 5.39 Å². The number of fused-ring (bicyclic) bond motifs is 1. The van der Waals surface area contributed by atoms with Crippen molar-refractivity contribution in [1.82, 2.24) is 9.97 Å². The zero-order valence-electron chi connectivity index (χ0n) is 8.59. The lowest BCUT2D eigenvalue weighted by molar-refractivity contribution is 0.0549. The second kappa shape index (κ2) is 4.53. The fraction of sp³-hybridized carbons (Fsp3) is 0.0833. The van der Waals surface area contributed by atoms with Crippen LogP contribution < -0.4 is 0 Å². The predicted octanol–water partition coefficient (Wildman–Crippen LogP) is 1.97. The second-order valence-electron chi connectivity index (χ2n) is 3.16. The molecule has 2 aromatic rings. The van der Waals surface area contributed by atoms with Gasteiger partial charge in [0.25, 0.3) is 0 Å². The van der Waals surface area contributed by atoms with Gasteiger partial charge in [-0.15, -0.1) is 0 Å². The van der Waals surface area contributed by atoms with Crippen molar-refractivity contribution in [3.05, 3.63) is 48.8 Å². The van der Waals surface area contributed by atoms with E-state index < -0.39 is 5.97 Å². The van der Waals surface area contributed by atoms with Crippen LogP contribution >= 0.6 is 0 Å². The molecule has 2 aromatic heterocycles. The molecule has 0 N–H and O–H groups in total. The van der Waals surface area contributed by atoms with Crippen LogP contribution in [-0.2, 0) is 4.74 Å². The van der Waals surface area contributed by atoms with Crippen molar-refractivity contribution in [2.45, 2.75) is 0 Å². The third-order valence-electron chi connectivity index (χ3n) is 2.02. The first-order chi connectivity index (χ1) is 7.81. The van der Waals surface area contributed by atoms with Crippen molar-refractivity contribution in [1.29, 1.82) is 0 Å². The van der Waals surface area contributed by atoms with E-state index >= 15 is 0 Å². The van der Waals surface area contributed by atoms with Gasteiger partial charge in [-0.3, -0.25) is 0 Å². The topological polar surface area (TPSA) is 52.1 Å². The monoisotopic (exact) mass is 214 g/mol. The minimum absolute atomic E-state index is 0.198. The zero-order valence-corrected chi connectivity index (χ0v) is 8.59. The van der Waals surface area contributed by atoms with E-state index in [2.05, 4.69) is 16.5 Å². The summed E-state index contributed by atoms with van der Waals surface area (Å²) in [5.74, 6) is -0.404. The number of hydrogen-bond donors (Lipinski definition) is 0. The van der Waals surface area contributed by atoms with Crippen LogP contribution in [0.15, 0.2) is 43.2 Å². The fourth-order valence-electron chi connectivity index (χ4n) is 1.29. The molecule has 16 heavy (non-hydrogen) atoms. The first kappa shape index (κ1) is 10.3. The highest BCUT2D eigenvalue weighted by Crippen LogP contribution is 2.11. The van der Waals surface area contributed by atoms with Crippen LogP contribution in [0.4, 0.5) is 0 Å². The van der Waals surface area contributed by atoms with E-state index in [1.54, 1.807) is 18.3 Å². The molecule has 0 atom stereocenters. The Kier molecular flexibility index (Phi) is 2.91. The Morgan fingerprint density at radius 1 is 1.50 bits per heavy atom. The molecule has 80 valence electrons. The van der Waals surface area contributed by atoms with Gasteiger partial charge in [0.05, 0.1) is 5.56 Å². The van der Waals surface area contributed by atoms with Crippen molar-refractivity contribution in [3.63, 3.8) is 0 Å². The van der Waals surface area contributed by atoms with Crippen molar-refractivity contribution >= 4 is 17.0 Å². The molecule has 0 aromatic carbocycles. The summed E-state index contributed by atoms with van der Waals surface area (Å²) in [7, 11) is 0. The molecule has 0 bridgehead atoms. The molecule has 2 heterocycles. The van der Waals surface area contributed by atoms with Crippen molar-refractivity contribution in [2.75, 3.05) is 6.61 Å². The number of ether oxygens (including phenoxy) is 1. The summed E-state index contributed by atoms with van der Waals surface area (Å²) >= 11 is 0. The molecule has 0 fully saturated rings. The van der Waals surface area contributed by atoms with Crippen LogP contribution in [0.5, 0.6) is 0 Å². The fourth-order valence-corrected chi connectivity index (χ4v) is 1.29. The molecular weight excluding hydrogens is 204 g/mol. The minimum Gasteiger partial charge on any atom is -0.458 e. The molecule has 0 spiro atoms. The maximum absolute atomic E-state index is 11.5. The molecule has 2 rings (SSSR count). The maximum Gasteiger partial charge on any atom is 0.340 e.